The molecule has 0 bridgehead atoms. The van der Waals surface area contributed by atoms with E-state index in [9.17, 15) is 9.90 Å². The molecular formula is C13H19N3O3. The Hall–Kier alpha value is -1.85. The topological polar surface area (TPSA) is 77.2 Å². The largest absolute Gasteiger partial charge is 0.481 e. The molecular weight excluding hydrogens is 246 g/mol. The second kappa shape index (κ2) is 5.42. The fraction of sp³-hybridized carbons (Fsp3) is 0.615. The zero-order valence-corrected chi connectivity index (χ0v) is 11.2. The van der Waals surface area contributed by atoms with Gasteiger partial charge in [0.05, 0.1) is 6.04 Å². The van der Waals surface area contributed by atoms with Crippen molar-refractivity contribution < 1.29 is 14.6 Å². The highest BCUT2D eigenvalue weighted by Crippen LogP contribution is 2.34. The molecule has 1 aliphatic rings. The maximum absolute atomic E-state index is 11.5. The average Bonchev–Trinajstić information content (AvgIpc) is 2.86. The molecule has 0 saturated carbocycles. The van der Waals surface area contributed by atoms with Crippen molar-refractivity contribution in [2.75, 3.05) is 6.61 Å². The zero-order chi connectivity index (χ0) is 13.9. The molecule has 0 aliphatic heterocycles. The summed E-state index contributed by atoms with van der Waals surface area (Å²) in [5.41, 5.74) is -0.833. The third-order valence-electron chi connectivity index (χ3n) is 3.45. The number of carboxylic acids is 1. The van der Waals surface area contributed by atoms with Crippen molar-refractivity contribution in [3.8, 4) is 5.88 Å². The van der Waals surface area contributed by atoms with Gasteiger partial charge < -0.3 is 9.84 Å². The molecule has 0 fully saturated rings. The summed E-state index contributed by atoms with van der Waals surface area (Å²) in [6.07, 6.45) is 7.33. The van der Waals surface area contributed by atoms with Crippen LogP contribution in [0.3, 0.4) is 0 Å². The number of hydrogen-bond acceptors (Lipinski definition) is 4. The van der Waals surface area contributed by atoms with Gasteiger partial charge in [0.25, 0.3) is 0 Å². The number of carboxylic acid groups (broad SMARTS) is 1. The third-order valence-corrected chi connectivity index (χ3v) is 3.45. The predicted molar refractivity (Wildman–Crippen MR) is 69.0 cm³/mol. The molecule has 1 aromatic rings. The highest BCUT2D eigenvalue weighted by molar-refractivity contribution is 5.75. The van der Waals surface area contributed by atoms with Crippen molar-refractivity contribution in [1.82, 2.24) is 15.0 Å². The summed E-state index contributed by atoms with van der Waals surface area (Å²) in [5.74, 6) is -0.286. The van der Waals surface area contributed by atoms with Gasteiger partial charge in [-0.1, -0.05) is 17.4 Å². The highest BCUT2D eigenvalue weighted by atomic mass is 16.5. The van der Waals surface area contributed by atoms with E-state index in [4.69, 9.17) is 4.74 Å². The summed E-state index contributed by atoms with van der Waals surface area (Å²) in [6, 6.07) is 0.129. The molecule has 1 N–H and O–H groups in total. The van der Waals surface area contributed by atoms with Gasteiger partial charge in [0.1, 0.15) is 18.2 Å². The van der Waals surface area contributed by atoms with Crippen LogP contribution in [-0.2, 0) is 4.79 Å². The van der Waals surface area contributed by atoms with E-state index in [2.05, 4.69) is 10.3 Å². The van der Waals surface area contributed by atoms with Gasteiger partial charge in [-0.25, -0.2) is 4.68 Å². The number of hydrogen-bond donors (Lipinski definition) is 1. The van der Waals surface area contributed by atoms with E-state index in [1.54, 1.807) is 4.68 Å². The van der Waals surface area contributed by atoms with E-state index >= 15 is 0 Å². The van der Waals surface area contributed by atoms with Crippen molar-refractivity contribution in [3.63, 3.8) is 0 Å². The number of allylic oxidation sites excluding steroid dienone is 2. The lowest BCUT2D eigenvalue weighted by atomic mass is 9.78. The number of rotatable bonds is 5. The highest BCUT2D eigenvalue weighted by Gasteiger charge is 2.39. The SMILES string of the molecule is CC(C)n1nncc1OCC1(C(=O)O)CC=CCC1. The fourth-order valence-electron chi connectivity index (χ4n) is 2.18. The van der Waals surface area contributed by atoms with Gasteiger partial charge in [-0.2, -0.15) is 0 Å². The minimum absolute atomic E-state index is 0.129. The van der Waals surface area contributed by atoms with Crippen LogP contribution in [0.4, 0.5) is 0 Å². The molecule has 1 aliphatic carbocycles. The van der Waals surface area contributed by atoms with Gasteiger partial charge in [-0.15, -0.1) is 5.10 Å². The summed E-state index contributed by atoms with van der Waals surface area (Å²) >= 11 is 0. The Morgan fingerprint density at radius 2 is 2.37 bits per heavy atom. The first-order valence-corrected chi connectivity index (χ1v) is 6.46. The van der Waals surface area contributed by atoms with Crippen molar-refractivity contribution >= 4 is 5.97 Å². The Bertz CT molecular complexity index is 481. The summed E-state index contributed by atoms with van der Waals surface area (Å²) < 4.78 is 7.31. The van der Waals surface area contributed by atoms with E-state index in [0.717, 1.165) is 6.42 Å². The van der Waals surface area contributed by atoms with Gasteiger partial charge in [0, 0.05) is 0 Å². The summed E-state index contributed by atoms with van der Waals surface area (Å²) in [7, 11) is 0. The maximum Gasteiger partial charge on any atom is 0.313 e. The van der Waals surface area contributed by atoms with Crippen LogP contribution in [-0.4, -0.2) is 32.7 Å². The van der Waals surface area contributed by atoms with Crippen molar-refractivity contribution in [2.45, 2.75) is 39.2 Å². The molecule has 0 aromatic carbocycles. The van der Waals surface area contributed by atoms with Crippen LogP contribution < -0.4 is 4.74 Å². The minimum atomic E-state index is -0.833. The summed E-state index contributed by atoms with van der Waals surface area (Å²) in [4.78, 5) is 11.5. The lowest BCUT2D eigenvalue weighted by molar-refractivity contribution is -0.151. The van der Waals surface area contributed by atoms with Gasteiger partial charge in [-0.05, 0) is 33.1 Å². The summed E-state index contributed by atoms with van der Waals surface area (Å²) in [5, 5.41) is 17.2. The van der Waals surface area contributed by atoms with E-state index in [1.807, 2.05) is 26.0 Å². The molecule has 6 heteroatoms. The van der Waals surface area contributed by atoms with Gasteiger partial charge in [0.2, 0.25) is 5.88 Å². The molecule has 1 aromatic heterocycles. The zero-order valence-electron chi connectivity index (χ0n) is 11.2. The Morgan fingerprint density at radius 3 is 2.95 bits per heavy atom. The second-order valence-electron chi connectivity index (χ2n) is 5.20. The normalized spacial score (nSPS) is 22.7. The molecule has 1 atom stereocenters. The van der Waals surface area contributed by atoms with Crippen molar-refractivity contribution in [1.29, 1.82) is 0 Å². The lowest BCUT2D eigenvalue weighted by Crippen LogP contribution is -2.38. The Morgan fingerprint density at radius 1 is 1.58 bits per heavy atom. The fourth-order valence-corrected chi connectivity index (χ4v) is 2.18. The van der Waals surface area contributed by atoms with Crippen molar-refractivity contribution in [3.05, 3.63) is 18.3 Å². The Labute approximate surface area is 112 Å². The number of aliphatic carboxylic acids is 1. The van der Waals surface area contributed by atoms with Crippen LogP contribution in [0, 0.1) is 5.41 Å². The Kier molecular flexibility index (Phi) is 3.87. The lowest BCUT2D eigenvalue weighted by Gasteiger charge is -2.30. The number of ether oxygens (including phenoxy) is 1. The molecule has 0 amide bonds. The molecule has 104 valence electrons. The van der Waals surface area contributed by atoms with Crippen LogP contribution in [0.2, 0.25) is 0 Å². The number of nitrogens with zero attached hydrogens (tertiary/aromatic N) is 3. The second-order valence-corrected chi connectivity index (χ2v) is 5.20. The van der Waals surface area contributed by atoms with E-state index < -0.39 is 11.4 Å². The predicted octanol–water partition coefficient (Wildman–Crippen LogP) is 2.05. The molecule has 0 spiro atoms. The van der Waals surface area contributed by atoms with Gasteiger partial charge >= 0.3 is 5.97 Å². The maximum atomic E-state index is 11.5. The first-order chi connectivity index (χ1) is 9.05. The quantitative estimate of drug-likeness (QED) is 0.824. The van der Waals surface area contributed by atoms with E-state index in [1.165, 1.54) is 6.20 Å². The average molecular weight is 265 g/mol. The van der Waals surface area contributed by atoms with Gasteiger partial charge in [0.15, 0.2) is 0 Å². The van der Waals surface area contributed by atoms with Gasteiger partial charge in [-0.3, -0.25) is 4.79 Å². The minimum Gasteiger partial charge on any atom is -0.481 e. The number of aromatic nitrogens is 3. The number of carbonyl (C=O) groups is 1. The van der Waals surface area contributed by atoms with E-state index in [-0.39, 0.29) is 12.6 Å². The first-order valence-electron chi connectivity index (χ1n) is 6.46. The smallest absolute Gasteiger partial charge is 0.313 e. The van der Waals surface area contributed by atoms with Crippen LogP contribution in [0.5, 0.6) is 5.88 Å². The molecule has 0 saturated heterocycles. The molecule has 1 heterocycles. The third kappa shape index (κ3) is 2.77. The molecule has 2 rings (SSSR count). The molecule has 6 nitrogen and oxygen atoms in total. The monoisotopic (exact) mass is 265 g/mol. The van der Waals surface area contributed by atoms with Crippen LogP contribution >= 0.6 is 0 Å². The van der Waals surface area contributed by atoms with Crippen LogP contribution in [0.25, 0.3) is 0 Å². The summed E-state index contributed by atoms with van der Waals surface area (Å²) in [6.45, 7) is 4.09. The van der Waals surface area contributed by atoms with Crippen LogP contribution in [0.1, 0.15) is 39.2 Å². The van der Waals surface area contributed by atoms with Crippen molar-refractivity contribution in [2.24, 2.45) is 5.41 Å². The standard InChI is InChI=1S/C13H19N3O3/c1-10(2)16-11(8-14-15-16)19-9-13(12(17)18)6-4-3-5-7-13/h3-4,8,10H,5-7,9H2,1-2H3,(H,17,18). The Balaban J connectivity index is 2.09. The molecule has 1 unspecified atom stereocenters. The van der Waals surface area contributed by atoms with E-state index in [0.29, 0.717) is 18.7 Å². The first kappa shape index (κ1) is 13.6. The molecule has 0 radical (unpaired) electrons. The molecule has 19 heavy (non-hydrogen) atoms. The van der Waals surface area contributed by atoms with Crippen LogP contribution in [0.15, 0.2) is 18.3 Å².